The molecule has 0 radical (unpaired) electrons. The van der Waals surface area contributed by atoms with E-state index in [-0.39, 0.29) is 0 Å². The number of carbonyl (C=O) groups excluding carboxylic acids is 1. The SMILES string of the molecule is CCC1CCC(=O)C(C2CCCC(C)C2)C1. The molecule has 0 N–H and O–H groups in total. The normalized spacial score (nSPS) is 41.0. The summed E-state index contributed by atoms with van der Waals surface area (Å²) in [6, 6.07) is 0. The molecule has 2 saturated carbocycles. The van der Waals surface area contributed by atoms with Gasteiger partial charge in [-0.3, -0.25) is 4.79 Å². The van der Waals surface area contributed by atoms with E-state index < -0.39 is 0 Å². The van der Waals surface area contributed by atoms with E-state index in [1.807, 2.05) is 0 Å². The Hall–Kier alpha value is -0.330. The average Bonchev–Trinajstić information content (AvgIpc) is 2.30. The van der Waals surface area contributed by atoms with Crippen LogP contribution in [0.1, 0.15) is 65.2 Å². The monoisotopic (exact) mass is 222 g/mol. The van der Waals surface area contributed by atoms with Crippen LogP contribution in [0.5, 0.6) is 0 Å². The zero-order chi connectivity index (χ0) is 11.5. The summed E-state index contributed by atoms with van der Waals surface area (Å²) in [6.07, 6.45) is 9.87. The average molecular weight is 222 g/mol. The Balaban J connectivity index is 1.97. The molecule has 0 aliphatic heterocycles. The fourth-order valence-electron chi connectivity index (χ4n) is 3.81. The molecule has 0 aromatic heterocycles. The van der Waals surface area contributed by atoms with Crippen LogP contribution in [0.4, 0.5) is 0 Å². The maximum atomic E-state index is 12.1. The van der Waals surface area contributed by atoms with Crippen molar-refractivity contribution in [3.05, 3.63) is 0 Å². The van der Waals surface area contributed by atoms with Gasteiger partial charge in [-0.2, -0.15) is 0 Å². The quantitative estimate of drug-likeness (QED) is 0.684. The second-order valence-corrected chi connectivity index (χ2v) is 6.15. The topological polar surface area (TPSA) is 17.1 Å². The standard InChI is InChI=1S/C15H26O/c1-3-12-7-8-15(16)14(10-12)13-6-4-5-11(2)9-13/h11-14H,3-10H2,1-2H3. The van der Waals surface area contributed by atoms with Gasteiger partial charge in [0.2, 0.25) is 0 Å². The Kier molecular flexibility index (Phi) is 4.05. The molecule has 0 aromatic rings. The van der Waals surface area contributed by atoms with Gasteiger partial charge in [-0.05, 0) is 43.4 Å². The van der Waals surface area contributed by atoms with Crippen LogP contribution in [0.15, 0.2) is 0 Å². The zero-order valence-electron chi connectivity index (χ0n) is 10.9. The van der Waals surface area contributed by atoms with Crippen LogP contribution >= 0.6 is 0 Å². The Morgan fingerprint density at radius 2 is 2.00 bits per heavy atom. The summed E-state index contributed by atoms with van der Waals surface area (Å²) < 4.78 is 0. The number of rotatable bonds is 2. The Labute approximate surface area is 100.0 Å². The van der Waals surface area contributed by atoms with Crippen molar-refractivity contribution in [2.75, 3.05) is 0 Å². The number of hydrogen-bond donors (Lipinski definition) is 0. The molecule has 2 aliphatic rings. The smallest absolute Gasteiger partial charge is 0.136 e. The first-order valence-electron chi connectivity index (χ1n) is 7.23. The summed E-state index contributed by atoms with van der Waals surface area (Å²) in [7, 11) is 0. The Bertz CT molecular complexity index is 246. The second-order valence-electron chi connectivity index (χ2n) is 6.15. The van der Waals surface area contributed by atoms with Gasteiger partial charge in [0.05, 0.1) is 0 Å². The first-order chi connectivity index (χ1) is 7.70. The van der Waals surface area contributed by atoms with Crippen LogP contribution in [0.25, 0.3) is 0 Å². The predicted octanol–water partition coefficient (Wildman–Crippen LogP) is 4.21. The minimum atomic E-state index is 0.432. The maximum Gasteiger partial charge on any atom is 0.136 e. The largest absolute Gasteiger partial charge is 0.299 e. The van der Waals surface area contributed by atoms with Gasteiger partial charge in [-0.1, -0.05) is 33.1 Å². The Morgan fingerprint density at radius 1 is 1.19 bits per heavy atom. The van der Waals surface area contributed by atoms with Gasteiger partial charge in [-0.25, -0.2) is 0 Å². The lowest BCUT2D eigenvalue weighted by Gasteiger charge is -2.37. The molecule has 1 heteroatoms. The fourth-order valence-corrected chi connectivity index (χ4v) is 3.81. The van der Waals surface area contributed by atoms with Crippen LogP contribution in [0, 0.1) is 23.7 Å². The molecule has 0 aromatic carbocycles. The zero-order valence-corrected chi connectivity index (χ0v) is 10.9. The molecule has 2 rings (SSSR count). The third kappa shape index (κ3) is 2.67. The molecule has 1 nitrogen and oxygen atoms in total. The van der Waals surface area contributed by atoms with E-state index >= 15 is 0 Å². The number of Topliss-reactive ketones (excluding diaryl/α,β-unsaturated/α-hetero) is 1. The summed E-state index contributed by atoms with van der Waals surface area (Å²) >= 11 is 0. The van der Waals surface area contributed by atoms with Crippen molar-refractivity contribution >= 4 is 5.78 Å². The summed E-state index contributed by atoms with van der Waals surface area (Å²) in [6.45, 7) is 4.64. The van der Waals surface area contributed by atoms with Crippen LogP contribution in [0.2, 0.25) is 0 Å². The molecule has 2 fully saturated rings. The third-order valence-corrected chi connectivity index (χ3v) is 4.92. The molecule has 0 heterocycles. The predicted molar refractivity (Wildman–Crippen MR) is 67.3 cm³/mol. The molecular weight excluding hydrogens is 196 g/mol. The first kappa shape index (κ1) is 12.1. The van der Waals surface area contributed by atoms with Crippen molar-refractivity contribution in [1.29, 1.82) is 0 Å². The van der Waals surface area contributed by atoms with Crippen molar-refractivity contribution in [1.82, 2.24) is 0 Å². The molecule has 0 spiro atoms. The van der Waals surface area contributed by atoms with Gasteiger partial charge < -0.3 is 0 Å². The molecular formula is C15H26O. The van der Waals surface area contributed by atoms with E-state index in [0.717, 1.165) is 30.6 Å². The van der Waals surface area contributed by atoms with Gasteiger partial charge in [0.25, 0.3) is 0 Å². The molecule has 16 heavy (non-hydrogen) atoms. The molecule has 4 atom stereocenters. The minimum absolute atomic E-state index is 0.432. The first-order valence-corrected chi connectivity index (χ1v) is 7.23. The highest BCUT2D eigenvalue weighted by Gasteiger charge is 2.35. The molecule has 4 unspecified atom stereocenters. The highest BCUT2D eigenvalue weighted by Crippen LogP contribution is 2.40. The van der Waals surface area contributed by atoms with Gasteiger partial charge in [0.15, 0.2) is 0 Å². The van der Waals surface area contributed by atoms with Gasteiger partial charge in [-0.15, -0.1) is 0 Å². The van der Waals surface area contributed by atoms with Crippen LogP contribution in [-0.4, -0.2) is 5.78 Å². The highest BCUT2D eigenvalue weighted by molar-refractivity contribution is 5.82. The molecule has 0 bridgehead atoms. The van der Waals surface area contributed by atoms with Crippen molar-refractivity contribution in [3.8, 4) is 0 Å². The molecule has 0 amide bonds. The van der Waals surface area contributed by atoms with Crippen molar-refractivity contribution in [3.63, 3.8) is 0 Å². The van der Waals surface area contributed by atoms with Gasteiger partial charge in [0, 0.05) is 12.3 Å². The maximum absolute atomic E-state index is 12.1. The summed E-state index contributed by atoms with van der Waals surface area (Å²) in [5.74, 6) is 3.43. The van der Waals surface area contributed by atoms with E-state index in [4.69, 9.17) is 0 Å². The molecule has 0 saturated heterocycles. The highest BCUT2D eigenvalue weighted by atomic mass is 16.1. The van der Waals surface area contributed by atoms with Crippen LogP contribution < -0.4 is 0 Å². The number of carbonyl (C=O) groups is 1. The summed E-state index contributed by atoms with van der Waals surface area (Å²) in [5, 5.41) is 0. The lowest BCUT2D eigenvalue weighted by Crippen LogP contribution is -2.33. The second kappa shape index (κ2) is 5.33. The van der Waals surface area contributed by atoms with Crippen molar-refractivity contribution in [2.45, 2.75) is 65.2 Å². The summed E-state index contributed by atoms with van der Waals surface area (Å²) in [4.78, 5) is 12.1. The minimum Gasteiger partial charge on any atom is -0.299 e. The van der Waals surface area contributed by atoms with E-state index in [1.165, 1.54) is 38.5 Å². The van der Waals surface area contributed by atoms with Crippen molar-refractivity contribution in [2.24, 2.45) is 23.7 Å². The van der Waals surface area contributed by atoms with Crippen LogP contribution in [0.3, 0.4) is 0 Å². The lowest BCUT2D eigenvalue weighted by atomic mass is 9.67. The van der Waals surface area contributed by atoms with E-state index in [0.29, 0.717) is 11.7 Å². The number of ketones is 1. The van der Waals surface area contributed by atoms with Gasteiger partial charge in [0.1, 0.15) is 5.78 Å². The van der Waals surface area contributed by atoms with E-state index in [2.05, 4.69) is 13.8 Å². The van der Waals surface area contributed by atoms with E-state index in [9.17, 15) is 4.79 Å². The van der Waals surface area contributed by atoms with Crippen molar-refractivity contribution < 1.29 is 4.79 Å². The third-order valence-electron chi connectivity index (χ3n) is 4.92. The summed E-state index contributed by atoms with van der Waals surface area (Å²) in [5.41, 5.74) is 0. The fraction of sp³-hybridized carbons (Fsp3) is 0.933. The van der Waals surface area contributed by atoms with Crippen LogP contribution in [-0.2, 0) is 4.79 Å². The van der Waals surface area contributed by atoms with Gasteiger partial charge >= 0.3 is 0 Å². The van der Waals surface area contributed by atoms with E-state index in [1.54, 1.807) is 0 Å². The molecule has 2 aliphatic carbocycles. The lowest BCUT2D eigenvalue weighted by molar-refractivity contribution is -0.128. The molecule has 92 valence electrons. The Morgan fingerprint density at radius 3 is 2.69 bits per heavy atom. The number of hydrogen-bond acceptors (Lipinski definition) is 1.